The van der Waals surface area contributed by atoms with E-state index in [1.165, 1.54) is 25.7 Å². The molecule has 10 nitrogen and oxygen atoms in total. The number of nitrogens with one attached hydrogen (secondary N) is 1. The van der Waals surface area contributed by atoms with E-state index in [9.17, 15) is 19.5 Å². The van der Waals surface area contributed by atoms with Crippen molar-refractivity contribution in [1.82, 2.24) is 19.6 Å². The second-order valence-corrected chi connectivity index (χ2v) is 13.3. The molecular weight excluding hydrogens is 626 g/mol. The van der Waals surface area contributed by atoms with Crippen LogP contribution in [0.15, 0.2) is 46.9 Å². The smallest absolute Gasteiger partial charge is 0.410 e. The fourth-order valence-electron chi connectivity index (χ4n) is 7.15. The van der Waals surface area contributed by atoms with Crippen LogP contribution in [0.5, 0.6) is 5.75 Å². The lowest BCUT2D eigenvalue weighted by atomic mass is 10.0. The predicted octanol–water partition coefficient (Wildman–Crippen LogP) is 4.84. The van der Waals surface area contributed by atoms with Gasteiger partial charge in [-0.15, -0.1) is 0 Å². The summed E-state index contributed by atoms with van der Waals surface area (Å²) in [5.74, 6) is -0.0641. The number of likely N-dealkylation sites (tertiary alicyclic amines) is 1. The van der Waals surface area contributed by atoms with Crippen LogP contribution in [0.3, 0.4) is 0 Å². The zero-order valence-electron chi connectivity index (χ0n) is 25.1. The number of halogens is 1. The number of phenolic OH excluding ortho intramolecular Hbond substituents is 1. The maximum atomic E-state index is 13.8. The second-order valence-electron chi connectivity index (χ2n) is 12.4. The van der Waals surface area contributed by atoms with Crippen LogP contribution in [0.25, 0.3) is 0 Å². The van der Waals surface area contributed by atoms with Gasteiger partial charge in [-0.05, 0) is 77.4 Å². The number of phenols is 1. The van der Waals surface area contributed by atoms with E-state index < -0.39 is 12.2 Å². The van der Waals surface area contributed by atoms with Crippen molar-refractivity contribution >= 4 is 39.6 Å². The van der Waals surface area contributed by atoms with Gasteiger partial charge in [-0.25, -0.2) is 9.59 Å². The molecule has 1 aliphatic carbocycles. The molecule has 11 heteroatoms. The van der Waals surface area contributed by atoms with Crippen molar-refractivity contribution in [2.75, 3.05) is 51.1 Å². The summed E-state index contributed by atoms with van der Waals surface area (Å²) < 4.78 is 6.51. The van der Waals surface area contributed by atoms with Gasteiger partial charge in [0.05, 0.1) is 4.47 Å². The van der Waals surface area contributed by atoms with Crippen LogP contribution in [-0.4, -0.2) is 107 Å². The molecule has 2 saturated heterocycles. The van der Waals surface area contributed by atoms with Crippen LogP contribution in [0.4, 0.5) is 15.3 Å². The maximum Gasteiger partial charge on any atom is 0.410 e. The van der Waals surface area contributed by atoms with Crippen molar-refractivity contribution in [2.45, 2.75) is 69.6 Å². The molecule has 0 spiro atoms. The van der Waals surface area contributed by atoms with Crippen molar-refractivity contribution in [3.63, 3.8) is 0 Å². The van der Waals surface area contributed by atoms with Gasteiger partial charge >= 0.3 is 12.1 Å². The number of benzene rings is 2. The summed E-state index contributed by atoms with van der Waals surface area (Å²) in [6, 6.07) is 13.5. The van der Waals surface area contributed by atoms with Crippen LogP contribution in [0.2, 0.25) is 0 Å². The Morgan fingerprint density at radius 1 is 0.909 bits per heavy atom. The summed E-state index contributed by atoms with van der Waals surface area (Å²) in [4.78, 5) is 48.2. The molecule has 4 aliphatic rings. The SMILES string of the molecule is O=C(O[C@H](Cc1ccc(O)c(Br)c1)C(=O)N1CCN(C2CCCC2)CC1)N1CCC(N2CCc3ccccc3NC2=O)CC1. The van der Waals surface area contributed by atoms with Crippen molar-refractivity contribution in [3.05, 3.63) is 58.1 Å². The van der Waals surface area contributed by atoms with Gasteiger partial charge in [0.2, 0.25) is 0 Å². The Kier molecular flexibility index (Phi) is 9.61. The van der Waals surface area contributed by atoms with Crippen molar-refractivity contribution in [2.24, 2.45) is 0 Å². The third-order valence-electron chi connectivity index (χ3n) is 9.72. The summed E-state index contributed by atoms with van der Waals surface area (Å²) in [6.45, 7) is 4.45. The number of anilines is 1. The Morgan fingerprint density at radius 3 is 2.36 bits per heavy atom. The molecule has 2 aromatic carbocycles. The number of piperazine rings is 1. The number of piperidine rings is 1. The highest BCUT2D eigenvalue weighted by Gasteiger charge is 2.36. The van der Waals surface area contributed by atoms with E-state index in [-0.39, 0.29) is 30.2 Å². The number of rotatable bonds is 6. The van der Waals surface area contributed by atoms with E-state index in [0.717, 1.165) is 36.3 Å². The Hall–Kier alpha value is -3.31. The molecule has 3 heterocycles. The molecule has 1 atom stereocenters. The van der Waals surface area contributed by atoms with Gasteiger partial charge in [-0.3, -0.25) is 9.69 Å². The number of para-hydroxylation sites is 1. The molecule has 4 amide bonds. The molecule has 3 fully saturated rings. The summed E-state index contributed by atoms with van der Waals surface area (Å²) in [6.07, 6.45) is 5.84. The van der Waals surface area contributed by atoms with E-state index in [1.807, 2.05) is 34.1 Å². The minimum Gasteiger partial charge on any atom is -0.507 e. The third-order valence-corrected chi connectivity index (χ3v) is 10.4. The van der Waals surface area contributed by atoms with Gasteiger partial charge in [0.25, 0.3) is 5.91 Å². The molecule has 236 valence electrons. The van der Waals surface area contributed by atoms with E-state index in [4.69, 9.17) is 4.74 Å². The lowest BCUT2D eigenvalue weighted by Crippen LogP contribution is -2.55. The minimum atomic E-state index is -0.968. The number of hydrogen-bond acceptors (Lipinski definition) is 6. The number of carbonyl (C=O) groups is 3. The van der Waals surface area contributed by atoms with Crippen LogP contribution in [-0.2, 0) is 22.4 Å². The Balaban J connectivity index is 1.07. The van der Waals surface area contributed by atoms with Gasteiger partial charge in [0.1, 0.15) is 5.75 Å². The quantitative estimate of drug-likeness (QED) is 0.457. The zero-order valence-corrected chi connectivity index (χ0v) is 26.7. The molecule has 0 radical (unpaired) electrons. The van der Waals surface area contributed by atoms with E-state index >= 15 is 0 Å². The first-order valence-corrected chi connectivity index (χ1v) is 16.8. The van der Waals surface area contributed by atoms with Crippen molar-refractivity contribution in [3.8, 4) is 5.75 Å². The molecule has 0 aromatic heterocycles. The van der Waals surface area contributed by atoms with Gasteiger partial charge in [0.15, 0.2) is 6.10 Å². The Morgan fingerprint density at radius 2 is 1.64 bits per heavy atom. The number of hydrogen-bond donors (Lipinski definition) is 2. The molecule has 0 bridgehead atoms. The van der Waals surface area contributed by atoms with Gasteiger partial charge < -0.3 is 29.9 Å². The summed E-state index contributed by atoms with van der Waals surface area (Å²) in [7, 11) is 0. The number of carbonyl (C=O) groups excluding carboxylic acids is 3. The summed E-state index contributed by atoms with van der Waals surface area (Å²) in [5.41, 5.74) is 2.77. The third kappa shape index (κ3) is 6.99. The number of ether oxygens (including phenoxy) is 1. The average molecular weight is 669 g/mol. The molecule has 6 rings (SSSR count). The highest BCUT2D eigenvalue weighted by molar-refractivity contribution is 9.10. The monoisotopic (exact) mass is 667 g/mol. The van der Waals surface area contributed by atoms with Crippen LogP contribution in [0.1, 0.15) is 49.7 Å². The normalized spacial score (nSPS) is 21.0. The highest BCUT2D eigenvalue weighted by Crippen LogP contribution is 2.28. The van der Waals surface area contributed by atoms with Crippen molar-refractivity contribution in [1.29, 1.82) is 0 Å². The maximum absolute atomic E-state index is 13.8. The molecule has 44 heavy (non-hydrogen) atoms. The second kappa shape index (κ2) is 13.8. The van der Waals surface area contributed by atoms with Gasteiger partial charge in [-0.1, -0.05) is 37.1 Å². The standard InChI is InChI=1S/C33H42BrN5O5/c34-27-21-23(9-10-29(27)40)22-30(31(41)37-19-17-36(18-20-37)25-6-2-3-7-25)44-33(43)38-14-12-26(13-15-38)39-16-11-24-5-1-4-8-28(24)35-32(39)42/h1,4-5,8-10,21,25-26,30,40H,2-3,6-7,11-20,22H2,(H,35,42)/t30-/m1/s1. The topological polar surface area (TPSA) is 106 Å². The number of aromatic hydroxyl groups is 1. The van der Waals surface area contributed by atoms with Crippen LogP contribution >= 0.6 is 15.9 Å². The Labute approximate surface area is 267 Å². The molecule has 0 unspecified atom stereocenters. The highest BCUT2D eigenvalue weighted by atomic mass is 79.9. The Bertz CT molecular complexity index is 1350. The molecule has 2 aromatic rings. The lowest BCUT2D eigenvalue weighted by molar-refractivity contribution is -0.143. The molecule has 3 aliphatic heterocycles. The number of amides is 4. The minimum absolute atomic E-state index is 0.0244. The van der Waals surface area contributed by atoms with Gasteiger partial charge in [-0.2, -0.15) is 0 Å². The number of nitrogens with zero attached hydrogens (tertiary/aromatic N) is 4. The predicted molar refractivity (Wildman–Crippen MR) is 171 cm³/mol. The van der Waals surface area contributed by atoms with E-state index in [0.29, 0.717) is 56.1 Å². The first kappa shape index (κ1) is 30.7. The first-order valence-electron chi connectivity index (χ1n) is 16.0. The average Bonchev–Trinajstić information content (AvgIpc) is 3.53. The van der Waals surface area contributed by atoms with Crippen LogP contribution < -0.4 is 5.32 Å². The molecule has 1 saturated carbocycles. The number of urea groups is 1. The lowest BCUT2D eigenvalue weighted by Gasteiger charge is -2.40. The van der Waals surface area contributed by atoms with Crippen LogP contribution in [0, 0.1) is 0 Å². The number of fused-ring (bicyclic) bond motifs is 1. The largest absolute Gasteiger partial charge is 0.507 e. The molecular formula is C33H42BrN5O5. The summed E-state index contributed by atoms with van der Waals surface area (Å²) >= 11 is 3.36. The fourth-order valence-corrected chi connectivity index (χ4v) is 7.57. The fraction of sp³-hybridized carbons (Fsp3) is 0.545. The van der Waals surface area contributed by atoms with E-state index in [1.54, 1.807) is 23.1 Å². The zero-order chi connectivity index (χ0) is 30.6. The van der Waals surface area contributed by atoms with Crippen molar-refractivity contribution < 1.29 is 24.2 Å². The van der Waals surface area contributed by atoms with E-state index in [2.05, 4.69) is 26.1 Å². The van der Waals surface area contributed by atoms with Gasteiger partial charge in [0, 0.05) is 70.0 Å². The molecule has 2 N–H and O–H groups in total. The summed E-state index contributed by atoms with van der Waals surface area (Å²) in [5, 5.41) is 13.0. The first-order chi connectivity index (χ1) is 21.4.